The minimum absolute atomic E-state index is 0.0812. The van der Waals surface area contributed by atoms with Gasteiger partial charge in [-0.3, -0.25) is 0 Å². The van der Waals surface area contributed by atoms with Crippen LogP contribution in [0.4, 0.5) is 0 Å². The highest BCUT2D eigenvalue weighted by Gasteiger charge is 2.42. The van der Waals surface area contributed by atoms with Gasteiger partial charge < -0.3 is 4.57 Å². The molecule has 1 aromatic heterocycles. The Hall–Kier alpha value is -6.22. The Labute approximate surface area is 312 Å². The highest BCUT2D eigenvalue weighted by Crippen LogP contribution is 2.51. The molecule has 0 saturated heterocycles. The Morgan fingerprint density at radius 2 is 0.925 bits per heavy atom. The van der Waals surface area contributed by atoms with E-state index in [1.54, 1.807) is 0 Å². The molecule has 0 bridgehead atoms. The molecule has 0 saturated carbocycles. The first-order valence-electron chi connectivity index (χ1n) is 18.6. The van der Waals surface area contributed by atoms with Crippen LogP contribution in [0, 0.1) is 0 Å². The van der Waals surface area contributed by atoms with Crippen molar-refractivity contribution in [3.63, 3.8) is 0 Å². The molecule has 1 heterocycles. The third kappa shape index (κ3) is 4.69. The monoisotopic (exact) mass is 693 g/mol. The molecular formula is C51H39NSi. The fraction of sp³-hybridized carbons (Fsp3) is 0.0588. The van der Waals surface area contributed by atoms with E-state index in [0.29, 0.717) is 0 Å². The summed E-state index contributed by atoms with van der Waals surface area (Å²) in [6.45, 7) is 4.76. The maximum Gasteiger partial charge on any atom is 0.179 e. The molecule has 0 fully saturated rings. The van der Waals surface area contributed by atoms with Gasteiger partial charge in [0.15, 0.2) is 8.07 Å². The van der Waals surface area contributed by atoms with Gasteiger partial charge in [-0.1, -0.05) is 190 Å². The van der Waals surface area contributed by atoms with Gasteiger partial charge in [0, 0.05) is 21.9 Å². The lowest BCUT2D eigenvalue weighted by Gasteiger charge is -2.34. The van der Waals surface area contributed by atoms with E-state index >= 15 is 0 Å². The first-order valence-corrected chi connectivity index (χ1v) is 20.6. The Balaban J connectivity index is 1.22. The van der Waals surface area contributed by atoms with E-state index < -0.39 is 8.07 Å². The van der Waals surface area contributed by atoms with E-state index in [0.717, 1.165) is 0 Å². The molecule has 0 amide bonds. The van der Waals surface area contributed by atoms with Crippen LogP contribution in [0.1, 0.15) is 25.0 Å². The van der Waals surface area contributed by atoms with Gasteiger partial charge in [-0.25, -0.2) is 0 Å². The Kier molecular flexibility index (Phi) is 7.25. The standard InChI is InChI=1S/C51H39NSi/c1-51(2)47-27-14-12-23-43(47)45-26-16-25-42(50(45)51)36-29-31-40(32-30-36)53(38-19-8-4-9-20-38,39-21-10-5-11-22-39)41-33-34-49-46(35-41)44-24-13-15-28-48(44)52(49)37-17-6-3-7-18-37/h3-35H,1-2H3. The van der Waals surface area contributed by atoms with Crippen molar-refractivity contribution < 1.29 is 0 Å². The molecule has 10 rings (SSSR count). The van der Waals surface area contributed by atoms with Crippen molar-refractivity contribution in [3.05, 3.63) is 211 Å². The molecule has 0 N–H and O–H groups in total. The van der Waals surface area contributed by atoms with Gasteiger partial charge in [0.05, 0.1) is 11.0 Å². The van der Waals surface area contributed by atoms with Crippen molar-refractivity contribution in [2.45, 2.75) is 19.3 Å². The second-order valence-electron chi connectivity index (χ2n) is 14.9. The summed E-state index contributed by atoms with van der Waals surface area (Å²) in [5, 5.41) is 8.06. The number of hydrogen-bond donors (Lipinski definition) is 0. The van der Waals surface area contributed by atoms with E-state index in [9.17, 15) is 0 Å². The number of hydrogen-bond acceptors (Lipinski definition) is 0. The fourth-order valence-corrected chi connectivity index (χ4v) is 14.2. The zero-order chi connectivity index (χ0) is 35.6. The van der Waals surface area contributed by atoms with Gasteiger partial charge in [0.25, 0.3) is 0 Å². The van der Waals surface area contributed by atoms with Crippen molar-refractivity contribution in [1.29, 1.82) is 0 Å². The predicted molar refractivity (Wildman–Crippen MR) is 227 cm³/mol. The molecule has 0 radical (unpaired) electrons. The van der Waals surface area contributed by atoms with Crippen molar-refractivity contribution in [3.8, 4) is 27.9 Å². The molecule has 1 nitrogen and oxygen atoms in total. The second-order valence-corrected chi connectivity index (χ2v) is 18.7. The highest BCUT2D eigenvalue weighted by molar-refractivity contribution is 7.20. The average Bonchev–Trinajstić information content (AvgIpc) is 3.68. The van der Waals surface area contributed by atoms with Gasteiger partial charge in [0.1, 0.15) is 0 Å². The molecule has 0 spiro atoms. The van der Waals surface area contributed by atoms with Crippen LogP contribution in [-0.4, -0.2) is 12.6 Å². The van der Waals surface area contributed by atoms with Crippen LogP contribution in [0.2, 0.25) is 0 Å². The number of para-hydroxylation sites is 2. The minimum Gasteiger partial charge on any atom is -0.309 e. The summed E-state index contributed by atoms with van der Waals surface area (Å²) in [4.78, 5) is 0. The molecule has 1 aliphatic rings. The summed E-state index contributed by atoms with van der Waals surface area (Å²) in [5.41, 5.74) is 11.7. The zero-order valence-electron chi connectivity index (χ0n) is 30.0. The molecular weight excluding hydrogens is 655 g/mol. The molecule has 1 aliphatic carbocycles. The lowest BCUT2D eigenvalue weighted by Crippen LogP contribution is -2.74. The van der Waals surface area contributed by atoms with Gasteiger partial charge in [0.2, 0.25) is 0 Å². The van der Waals surface area contributed by atoms with Crippen LogP contribution >= 0.6 is 0 Å². The zero-order valence-corrected chi connectivity index (χ0v) is 31.0. The predicted octanol–water partition coefficient (Wildman–Crippen LogP) is 10.1. The van der Waals surface area contributed by atoms with E-state index in [1.807, 2.05) is 0 Å². The van der Waals surface area contributed by atoms with Crippen molar-refractivity contribution in [2.75, 3.05) is 0 Å². The number of fused-ring (bicyclic) bond motifs is 6. The fourth-order valence-electron chi connectivity index (χ4n) is 9.43. The van der Waals surface area contributed by atoms with Gasteiger partial charge in [-0.15, -0.1) is 0 Å². The average molecular weight is 694 g/mol. The Morgan fingerprint density at radius 3 is 1.64 bits per heavy atom. The van der Waals surface area contributed by atoms with E-state index in [1.165, 1.54) is 81.6 Å². The third-order valence-corrected chi connectivity index (χ3v) is 16.5. The number of aromatic nitrogens is 1. The first kappa shape index (κ1) is 31.5. The summed E-state index contributed by atoms with van der Waals surface area (Å²) >= 11 is 0. The van der Waals surface area contributed by atoms with Crippen LogP contribution in [0.25, 0.3) is 49.7 Å². The van der Waals surface area contributed by atoms with Crippen molar-refractivity contribution in [1.82, 2.24) is 4.57 Å². The highest BCUT2D eigenvalue weighted by atomic mass is 28.3. The first-order chi connectivity index (χ1) is 26.1. The smallest absolute Gasteiger partial charge is 0.179 e. The molecule has 53 heavy (non-hydrogen) atoms. The van der Waals surface area contributed by atoms with Crippen LogP contribution in [0.3, 0.4) is 0 Å². The number of rotatable bonds is 6. The summed E-state index contributed by atoms with van der Waals surface area (Å²) in [6.07, 6.45) is 0. The lowest BCUT2D eigenvalue weighted by atomic mass is 9.79. The van der Waals surface area contributed by atoms with Crippen LogP contribution in [0.5, 0.6) is 0 Å². The number of benzene rings is 8. The third-order valence-electron chi connectivity index (χ3n) is 11.7. The molecule has 252 valence electrons. The quantitative estimate of drug-likeness (QED) is 0.121. The summed E-state index contributed by atoms with van der Waals surface area (Å²) in [7, 11) is -2.81. The maximum absolute atomic E-state index is 2.81. The molecule has 8 aromatic carbocycles. The number of nitrogens with zero attached hydrogens (tertiary/aromatic N) is 1. The summed E-state index contributed by atoms with van der Waals surface area (Å²) < 4.78 is 2.41. The van der Waals surface area contributed by atoms with E-state index in [-0.39, 0.29) is 5.41 Å². The van der Waals surface area contributed by atoms with Crippen LogP contribution in [0.15, 0.2) is 200 Å². The van der Waals surface area contributed by atoms with E-state index in [4.69, 9.17) is 0 Å². The van der Waals surface area contributed by atoms with Crippen LogP contribution in [-0.2, 0) is 5.41 Å². The maximum atomic E-state index is 2.51. The molecule has 9 aromatic rings. The van der Waals surface area contributed by atoms with Gasteiger partial charge in [-0.05, 0) is 78.4 Å². The van der Waals surface area contributed by atoms with Crippen LogP contribution < -0.4 is 20.7 Å². The van der Waals surface area contributed by atoms with Crippen molar-refractivity contribution in [2.24, 2.45) is 0 Å². The molecule has 0 unspecified atom stereocenters. The largest absolute Gasteiger partial charge is 0.309 e. The van der Waals surface area contributed by atoms with Gasteiger partial charge in [-0.2, -0.15) is 0 Å². The normalized spacial score (nSPS) is 13.2. The second kappa shape index (κ2) is 12.2. The Morgan fingerprint density at radius 1 is 0.396 bits per heavy atom. The summed E-state index contributed by atoms with van der Waals surface area (Å²) in [6, 6.07) is 74.9. The lowest BCUT2D eigenvalue weighted by molar-refractivity contribution is 0.662. The summed E-state index contributed by atoms with van der Waals surface area (Å²) in [5.74, 6) is 0. The minimum atomic E-state index is -2.81. The molecule has 0 atom stereocenters. The molecule has 0 aliphatic heterocycles. The molecule has 2 heteroatoms. The van der Waals surface area contributed by atoms with Gasteiger partial charge >= 0.3 is 0 Å². The SMILES string of the molecule is CC1(C)c2ccccc2-c2cccc(-c3ccc([Si](c4ccccc4)(c4ccccc4)c4ccc5c(c4)c4ccccc4n5-c4ccccc4)cc3)c21. The van der Waals surface area contributed by atoms with E-state index in [2.05, 4.69) is 219 Å². The Bertz CT molecular complexity index is 2740. The topological polar surface area (TPSA) is 4.93 Å². The van der Waals surface area contributed by atoms with Crippen molar-refractivity contribution >= 4 is 50.6 Å².